The molecule has 0 saturated carbocycles. The summed E-state index contributed by atoms with van der Waals surface area (Å²) in [4.78, 5) is 1.92. The fourth-order valence-corrected chi connectivity index (χ4v) is 5.40. The Hall–Kier alpha value is -2.25. The van der Waals surface area contributed by atoms with E-state index in [4.69, 9.17) is 23.2 Å². The summed E-state index contributed by atoms with van der Waals surface area (Å²) in [5.74, 6) is 0. The summed E-state index contributed by atoms with van der Waals surface area (Å²) in [6.45, 7) is 0. The Morgan fingerprint density at radius 2 is 1.43 bits per heavy atom. The molecule has 4 nitrogen and oxygen atoms in total. The molecule has 0 saturated heterocycles. The zero-order chi connectivity index (χ0) is 21.5. The van der Waals surface area contributed by atoms with Crippen molar-refractivity contribution in [1.29, 1.82) is 0 Å². The van der Waals surface area contributed by atoms with Crippen LogP contribution in [0.3, 0.4) is 0 Å². The van der Waals surface area contributed by atoms with Crippen molar-refractivity contribution in [3.63, 3.8) is 0 Å². The van der Waals surface area contributed by atoms with Crippen molar-refractivity contribution in [1.82, 2.24) is 0 Å². The Kier molecular flexibility index (Phi) is 5.68. The summed E-state index contributed by atoms with van der Waals surface area (Å²) >= 11 is 14.0. The first-order valence-electron chi connectivity index (χ1n) is 9.00. The lowest BCUT2D eigenvalue weighted by molar-refractivity contribution is 0.602. The predicted octanol–water partition coefficient (Wildman–Crippen LogP) is 7.07. The molecule has 0 radical (unpaired) electrons. The molecule has 154 valence electrons. The van der Waals surface area contributed by atoms with E-state index in [1.807, 2.05) is 53.7 Å². The normalized spacial score (nSPS) is 11.6. The van der Waals surface area contributed by atoms with Crippen molar-refractivity contribution in [3.8, 4) is 0 Å². The highest BCUT2D eigenvalue weighted by atomic mass is 35.5. The van der Waals surface area contributed by atoms with E-state index in [-0.39, 0.29) is 0 Å². The number of sulfonamides is 1. The second kappa shape index (κ2) is 8.12. The average Bonchev–Trinajstić information content (AvgIpc) is 3.14. The van der Waals surface area contributed by atoms with Crippen LogP contribution in [0.4, 0.5) is 22.7 Å². The van der Waals surface area contributed by atoms with E-state index in [0.29, 0.717) is 21.4 Å². The van der Waals surface area contributed by atoms with Gasteiger partial charge in [-0.2, -0.15) is 0 Å². The van der Waals surface area contributed by atoms with Crippen LogP contribution in [0.5, 0.6) is 0 Å². The minimum atomic E-state index is -3.61. The lowest BCUT2D eigenvalue weighted by Gasteiger charge is -2.26. The van der Waals surface area contributed by atoms with E-state index in [1.165, 1.54) is 10.6 Å². The molecular formula is C22H18Cl2N2O2S2. The van der Waals surface area contributed by atoms with Crippen LogP contribution >= 0.6 is 34.5 Å². The van der Waals surface area contributed by atoms with Crippen LogP contribution in [-0.2, 0) is 10.0 Å². The van der Waals surface area contributed by atoms with Crippen LogP contribution < -0.4 is 9.21 Å². The van der Waals surface area contributed by atoms with Gasteiger partial charge in [0.15, 0.2) is 0 Å². The molecule has 0 aliphatic rings. The molecule has 30 heavy (non-hydrogen) atoms. The molecule has 0 N–H and O–H groups in total. The molecule has 8 heteroatoms. The number of nitrogens with zero attached hydrogens (tertiary/aromatic N) is 2. The SMILES string of the molecule is CN(c1ccc(Cl)cc1)c1cc(Cl)cc(N(c2ccc3sccc3c2)S(C)(=O)=O)c1. The van der Waals surface area contributed by atoms with E-state index >= 15 is 0 Å². The molecule has 1 heterocycles. The van der Waals surface area contributed by atoms with Gasteiger partial charge in [-0.3, -0.25) is 0 Å². The molecule has 4 aromatic rings. The summed E-state index contributed by atoms with van der Waals surface area (Å²) in [6, 6.07) is 20.2. The maximum absolute atomic E-state index is 12.8. The van der Waals surface area contributed by atoms with Gasteiger partial charge in [0, 0.05) is 33.2 Å². The van der Waals surface area contributed by atoms with Gasteiger partial charge in [0.25, 0.3) is 0 Å². The van der Waals surface area contributed by atoms with Gasteiger partial charge >= 0.3 is 0 Å². The molecule has 0 fully saturated rings. The standard InChI is InChI=1S/C22H18Cl2N2O2S2/c1-25(18-5-3-16(23)4-6-18)20-12-17(24)13-21(14-20)26(30(2,27)28)19-7-8-22-15(11-19)9-10-29-22/h3-14H,1-2H3. The monoisotopic (exact) mass is 476 g/mol. The highest BCUT2D eigenvalue weighted by molar-refractivity contribution is 7.92. The largest absolute Gasteiger partial charge is 0.345 e. The Bertz CT molecular complexity index is 1320. The molecule has 0 bridgehead atoms. The summed E-state index contributed by atoms with van der Waals surface area (Å²) in [5, 5.41) is 4.06. The number of anilines is 4. The molecule has 0 aliphatic heterocycles. The fraction of sp³-hybridized carbons (Fsp3) is 0.0909. The van der Waals surface area contributed by atoms with E-state index in [9.17, 15) is 8.42 Å². The molecule has 4 rings (SSSR count). The molecule has 0 unspecified atom stereocenters. The third-order valence-electron chi connectivity index (χ3n) is 4.71. The second-order valence-corrected chi connectivity index (χ2v) is 10.5. The number of rotatable bonds is 5. The number of hydrogen-bond acceptors (Lipinski definition) is 4. The summed E-state index contributed by atoms with van der Waals surface area (Å²) in [5.41, 5.74) is 2.68. The molecule has 0 spiro atoms. The predicted molar refractivity (Wildman–Crippen MR) is 130 cm³/mol. The first kappa shape index (κ1) is 21.0. The van der Waals surface area contributed by atoms with Gasteiger partial charge < -0.3 is 4.90 Å². The lowest BCUT2D eigenvalue weighted by atomic mass is 10.2. The molecule has 0 atom stereocenters. The van der Waals surface area contributed by atoms with Crippen LogP contribution in [0.15, 0.2) is 72.1 Å². The van der Waals surface area contributed by atoms with Crippen molar-refractivity contribution < 1.29 is 8.42 Å². The van der Waals surface area contributed by atoms with E-state index in [1.54, 1.807) is 41.7 Å². The summed E-state index contributed by atoms with van der Waals surface area (Å²) in [7, 11) is -1.72. The highest BCUT2D eigenvalue weighted by Gasteiger charge is 2.22. The molecule has 0 amide bonds. The lowest BCUT2D eigenvalue weighted by Crippen LogP contribution is -2.25. The Labute approximate surface area is 189 Å². The van der Waals surface area contributed by atoms with Crippen molar-refractivity contribution in [2.24, 2.45) is 0 Å². The van der Waals surface area contributed by atoms with Crippen LogP contribution in [-0.4, -0.2) is 21.7 Å². The first-order valence-corrected chi connectivity index (χ1v) is 12.5. The number of thiophene rings is 1. The van der Waals surface area contributed by atoms with Crippen LogP contribution in [0.1, 0.15) is 0 Å². The van der Waals surface area contributed by atoms with Gasteiger partial charge in [-0.1, -0.05) is 23.2 Å². The van der Waals surface area contributed by atoms with Gasteiger partial charge in [-0.05, 0) is 77.5 Å². The van der Waals surface area contributed by atoms with E-state index in [2.05, 4.69) is 0 Å². The van der Waals surface area contributed by atoms with Gasteiger partial charge in [0.2, 0.25) is 10.0 Å². The smallest absolute Gasteiger partial charge is 0.236 e. The van der Waals surface area contributed by atoms with Crippen LogP contribution in [0, 0.1) is 0 Å². The van der Waals surface area contributed by atoms with Crippen molar-refractivity contribution in [2.45, 2.75) is 0 Å². The summed E-state index contributed by atoms with van der Waals surface area (Å²) < 4.78 is 27.9. The second-order valence-electron chi connectivity index (χ2n) is 6.87. The molecular weight excluding hydrogens is 459 g/mol. The van der Waals surface area contributed by atoms with Crippen molar-refractivity contribution in [2.75, 3.05) is 22.5 Å². The van der Waals surface area contributed by atoms with Gasteiger partial charge in [-0.25, -0.2) is 12.7 Å². The quantitative estimate of drug-likeness (QED) is 0.309. The fourth-order valence-electron chi connectivity index (χ4n) is 3.30. The Balaban J connectivity index is 1.82. The van der Waals surface area contributed by atoms with E-state index < -0.39 is 10.0 Å². The minimum Gasteiger partial charge on any atom is -0.345 e. The van der Waals surface area contributed by atoms with Crippen molar-refractivity contribution in [3.05, 3.63) is 82.2 Å². The molecule has 0 aliphatic carbocycles. The van der Waals surface area contributed by atoms with Crippen LogP contribution in [0.2, 0.25) is 10.0 Å². The van der Waals surface area contributed by atoms with Crippen molar-refractivity contribution >= 4 is 77.4 Å². The van der Waals surface area contributed by atoms with Crippen LogP contribution in [0.25, 0.3) is 10.1 Å². The molecule has 3 aromatic carbocycles. The third-order valence-corrected chi connectivity index (χ3v) is 7.16. The third kappa shape index (κ3) is 4.27. The Morgan fingerprint density at radius 1 is 0.767 bits per heavy atom. The van der Waals surface area contributed by atoms with Gasteiger partial charge in [-0.15, -0.1) is 11.3 Å². The molecule has 1 aromatic heterocycles. The topological polar surface area (TPSA) is 40.6 Å². The number of halogens is 2. The maximum Gasteiger partial charge on any atom is 0.236 e. The summed E-state index contributed by atoms with van der Waals surface area (Å²) in [6.07, 6.45) is 1.19. The zero-order valence-electron chi connectivity index (χ0n) is 16.2. The van der Waals surface area contributed by atoms with Gasteiger partial charge in [0.05, 0.1) is 17.6 Å². The van der Waals surface area contributed by atoms with E-state index in [0.717, 1.165) is 21.5 Å². The number of fused-ring (bicyclic) bond motifs is 1. The highest BCUT2D eigenvalue weighted by Crippen LogP contribution is 2.37. The number of benzene rings is 3. The Morgan fingerprint density at radius 3 is 2.13 bits per heavy atom. The number of hydrogen-bond donors (Lipinski definition) is 0. The maximum atomic E-state index is 12.8. The van der Waals surface area contributed by atoms with Gasteiger partial charge in [0.1, 0.15) is 0 Å². The first-order chi connectivity index (χ1) is 14.2. The zero-order valence-corrected chi connectivity index (χ0v) is 19.4. The average molecular weight is 477 g/mol. The minimum absolute atomic E-state index is 0.438.